The summed E-state index contributed by atoms with van der Waals surface area (Å²) in [6.45, 7) is 6.03. The summed E-state index contributed by atoms with van der Waals surface area (Å²) in [5, 5.41) is 17.8. The van der Waals surface area contributed by atoms with E-state index in [1.165, 1.54) is 17.0 Å². The lowest BCUT2D eigenvalue weighted by Crippen LogP contribution is -2.17. The van der Waals surface area contributed by atoms with Crippen molar-refractivity contribution >= 4 is 35.1 Å². The molecule has 0 saturated heterocycles. The second kappa shape index (κ2) is 10.7. The van der Waals surface area contributed by atoms with E-state index in [9.17, 15) is 14.7 Å². The van der Waals surface area contributed by atoms with Crippen LogP contribution in [0.4, 0.5) is 5.69 Å². The number of amides is 2. The van der Waals surface area contributed by atoms with E-state index in [1.54, 1.807) is 29.7 Å². The maximum Gasteiger partial charge on any atom is 0.271 e. The molecule has 2 aromatic carbocycles. The summed E-state index contributed by atoms with van der Waals surface area (Å²) in [7, 11) is 0. The summed E-state index contributed by atoms with van der Waals surface area (Å²) in [5.74, 6) is -0.484. The van der Waals surface area contributed by atoms with Gasteiger partial charge in [-0.1, -0.05) is 23.8 Å². The third-order valence-electron chi connectivity index (χ3n) is 6.84. The van der Waals surface area contributed by atoms with Crippen molar-refractivity contribution in [1.82, 2.24) is 9.99 Å². The number of aromatic hydroxyl groups is 1. The number of fused-ring (bicyclic) bond motifs is 1. The molecule has 1 aliphatic rings. The van der Waals surface area contributed by atoms with Crippen molar-refractivity contribution in [1.29, 1.82) is 0 Å². The number of nitrogens with one attached hydrogen (secondary N) is 2. The van der Waals surface area contributed by atoms with Crippen molar-refractivity contribution in [3.05, 3.63) is 98.7 Å². The van der Waals surface area contributed by atoms with E-state index in [2.05, 4.69) is 20.4 Å². The number of anilines is 1. The fourth-order valence-electron chi connectivity index (χ4n) is 4.88. The Morgan fingerprint density at radius 2 is 1.76 bits per heavy atom. The molecule has 7 nitrogen and oxygen atoms in total. The third kappa shape index (κ3) is 5.13. The number of hydrogen-bond donors (Lipinski definition) is 3. The molecule has 0 atom stereocenters. The molecule has 194 valence electrons. The predicted molar refractivity (Wildman–Crippen MR) is 152 cm³/mol. The number of phenolic OH excluding ortho intramolecular Hbond substituents is 1. The van der Waals surface area contributed by atoms with Crippen LogP contribution in [-0.2, 0) is 12.8 Å². The molecule has 38 heavy (non-hydrogen) atoms. The summed E-state index contributed by atoms with van der Waals surface area (Å²) >= 11 is 1.69. The zero-order valence-corrected chi connectivity index (χ0v) is 22.5. The Morgan fingerprint density at radius 3 is 2.53 bits per heavy atom. The monoisotopic (exact) mass is 526 g/mol. The average molecular weight is 527 g/mol. The Labute approximate surface area is 225 Å². The largest absolute Gasteiger partial charge is 0.508 e. The topological polar surface area (TPSA) is 95.7 Å². The number of hydrogen-bond acceptors (Lipinski definition) is 5. The highest BCUT2D eigenvalue weighted by molar-refractivity contribution is 7.15. The first-order valence-corrected chi connectivity index (χ1v) is 13.5. The van der Waals surface area contributed by atoms with Crippen LogP contribution in [0.2, 0.25) is 0 Å². The lowest BCUT2D eigenvalue weighted by Gasteiger charge is -2.14. The summed E-state index contributed by atoms with van der Waals surface area (Å²) < 4.78 is 2.12. The number of rotatable bonds is 6. The van der Waals surface area contributed by atoms with Gasteiger partial charge >= 0.3 is 0 Å². The second-order valence-electron chi connectivity index (χ2n) is 9.62. The number of aryl methyl sites for hydroxylation is 3. The van der Waals surface area contributed by atoms with Crippen LogP contribution in [0.3, 0.4) is 0 Å². The standard InChI is InChI=1S/C30H30N4O3S/c1-18-11-13-23(14-12-18)32-29(37)27-25-9-4-5-10-26(25)38-30(27)34-19(2)15-22(20(34)3)17-31-33-28(36)21-7-6-8-24(35)16-21/h6-8,11-17,35H,4-5,9-10H2,1-3H3,(H,32,37)(H,33,36)/b31-17+. The quantitative estimate of drug-likeness (QED) is 0.210. The number of thiophene rings is 1. The van der Waals surface area contributed by atoms with E-state index in [1.807, 2.05) is 51.1 Å². The molecule has 0 spiro atoms. The Kier molecular flexibility index (Phi) is 7.15. The Bertz CT molecular complexity index is 1550. The van der Waals surface area contributed by atoms with Crippen molar-refractivity contribution in [2.24, 2.45) is 5.10 Å². The van der Waals surface area contributed by atoms with Crippen LogP contribution in [0.15, 0.2) is 59.7 Å². The molecule has 2 aromatic heterocycles. The molecule has 0 saturated carbocycles. The van der Waals surface area contributed by atoms with Gasteiger partial charge in [-0.3, -0.25) is 9.59 Å². The van der Waals surface area contributed by atoms with E-state index >= 15 is 0 Å². The summed E-state index contributed by atoms with van der Waals surface area (Å²) in [6, 6.07) is 15.9. The van der Waals surface area contributed by atoms with E-state index in [-0.39, 0.29) is 11.7 Å². The highest BCUT2D eigenvalue weighted by Crippen LogP contribution is 2.39. The van der Waals surface area contributed by atoms with Crippen molar-refractivity contribution in [3.63, 3.8) is 0 Å². The second-order valence-corrected chi connectivity index (χ2v) is 10.7. The van der Waals surface area contributed by atoms with Crippen LogP contribution >= 0.6 is 11.3 Å². The van der Waals surface area contributed by atoms with Crippen molar-refractivity contribution < 1.29 is 14.7 Å². The van der Waals surface area contributed by atoms with Crippen LogP contribution in [0.5, 0.6) is 5.75 Å². The van der Waals surface area contributed by atoms with E-state index < -0.39 is 5.91 Å². The molecule has 3 N–H and O–H groups in total. The molecule has 1 aliphatic carbocycles. The van der Waals surface area contributed by atoms with Gasteiger partial charge in [0.15, 0.2) is 0 Å². The maximum atomic E-state index is 13.7. The van der Waals surface area contributed by atoms with Crippen molar-refractivity contribution in [3.8, 4) is 10.8 Å². The number of nitrogens with zero attached hydrogens (tertiary/aromatic N) is 2. The van der Waals surface area contributed by atoms with Gasteiger partial charge in [-0.25, -0.2) is 5.43 Å². The highest BCUT2D eigenvalue weighted by Gasteiger charge is 2.28. The lowest BCUT2D eigenvalue weighted by atomic mass is 9.95. The molecular formula is C30H30N4O3S. The molecule has 0 aliphatic heterocycles. The minimum absolute atomic E-state index is 0.0195. The van der Waals surface area contributed by atoms with Gasteiger partial charge in [0.05, 0.1) is 11.8 Å². The Hall–Kier alpha value is -4.17. The molecular weight excluding hydrogens is 496 g/mol. The van der Waals surface area contributed by atoms with Gasteiger partial charge in [0.1, 0.15) is 10.8 Å². The molecule has 2 amide bonds. The van der Waals surface area contributed by atoms with Gasteiger partial charge in [0, 0.05) is 33.1 Å². The first-order valence-electron chi connectivity index (χ1n) is 12.7. The van der Waals surface area contributed by atoms with Gasteiger partial charge in [-0.2, -0.15) is 5.10 Å². The van der Waals surface area contributed by atoms with E-state index in [0.29, 0.717) is 5.56 Å². The van der Waals surface area contributed by atoms with E-state index in [4.69, 9.17) is 0 Å². The van der Waals surface area contributed by atoms with Crippen molar-refractivity contribution in [2.45, 2.75) is 46.5 Å². The normalized spacial score (nSPS) is 12.9. The number of carbonyl (C=O) groups excluding carboxylic acids is 2. The van der Waals surface area contributed by atoms with Crippen LogP contribution in [0.1, 0.15) is 66.5 Å². The lowest BCUT2D eigenvalue weighted by molar-refractivity contribution is 0.0953. The third-order valence-corrected chi connectivity index (χ3v) is 8.12. The van der Waals surface area contributed by atoms with Gasteiger partial charge in [0.2, 0.25) is 0 Å². The van der Waals surface area contributed by atoms with Crippen molar-refractivity contribution in [2.75, 3.05) is 5.32 Å². The van der Waals surface area contributed by atoms with Gasteiger partial charge in [-0.05, 0) is 88.4 Å². The number of benzene rings is 2. The van der Waals surface area contributed by atoms with Gasteiger partial charge < -0.3 is 15.0 Å². The molecule has 0 radical (unpaired) electrons. The molecule has 5 rings (SSSR count). The van der Waals surface area contributed by atoms with Crippen LogP contribution < -0.4 is 10.7 Å². The minimum Gasteiger partial charge on any atom is -0.508 e. The van der Waals surface area contributed by atoms with Crippen LogP contribution in [-0.4, -0.2) is 27.7 Å². The first-order chi connectivity index (χ1) is 18.3. The molecule has 0 unspecified atom stereocenters. The number of aromatic nitrogens is 1. The maximum absolute atomic E-state index is 13.7. The Balaban J connectivity index is 1.45. The predicted octanol–water partition coefficient (Wildman–Crippen LogP) is 6.06. The zero-order valence-electron chi connectivity index (χ0n) is 21.7. The highest BCUT2D eigenvalue weighted by atomic mass is 32.1. The SMILES string of the molecule is Cc1ccc(NC(=O)c2c(-n3c(C)cc(/C=N/NC(=O)c4cccc(O)c4)c3C)sc3c2CCCC3)cc1. The molecule has 8 heteroatoms. The number of hydrazone groups is 1. The Morgan fingerprint density at radius 1 is 1.00 bits per heavy atom. The summed E-state index contributed by atoms with van der Waals surface area (Å²) in [4.78, 5) is 27.3. The van der Waals surface area contributed by atoms with Crippen LogP contribution in [0, 0.1) is 20.8 Å². The molecule has 0 bridgehead atoms. The minimum atomic E-state index is -0.410. The first kappa shape index (κ1) is 25.5. The average Bonchev–Trinajstić information content (AvgIpc) is 3.41. The summed E-state index contributed by atoms with van der Waals surface area (Å²) in [6.07, 6.45) is 5.71. The van der Waals surface area contributed by atoms with E-state index in [0.717, 1.165) is 70.0 Å². The summed E-state index contributed by atoms with van der Waals surface area (Å²) in [5.41, 5.74) is 9.41. The van der Waals surface area contributed by atoms with Gasteiger partial charge in [0.25, 0.3) is 11.8 Å². The molecule has 0 fully saturated rings. The van der Waals surface area contributed by atoms with Crippen LogP contribution in [0.25, 0.3) is 5.00 Å². The number of carbonyl (C=O) groups is 2. The molecule has 4 aromatic rings. The number of phenols is 1. The fraction of sp³-hybridized carbons (Fsp3) is 0.233. The fourth-order valence-corrected chi connectivity index (χ4v) is 6.37. The van der Waals surface area contributed by atoms with Gasteiger partial charge in [-0.15, -0.1) is 11.3 Å². The molecule has 2 heterocycles. The zero-order chi connectivity index (χ0) is 26.8. The smallest absolute Gasteiger partial charge is 0.271 e.